The number of anilines is 1. The highest BCUT2D eigenvalue weighted by molar-refractivity contribution is 6.36. The number of pyridine rings is 1. The Balaban J connectivity index is 1.74. The molecule has 0 fully saturated rings. The molecule has 0 aliphatic carbocycles. The minimum absolute atomic E-state index is 0.0298. The number of amides is 2. The Morgan fingerprint density at radius 2 is 1.64 bits per heavy atom. The molecule has 2 aromatic carbocycles. The minimum Gasteiger partial charge on any atom is -0.350 e. The van der Waals surface area contributed by atoms with Crippen LogP contribution in [-0.4, -0.2) is 21.7 Å². The molecule has 5 heteroatoms. The monoisotopic (exact) mass is 439 g/mol. The number of aryl methyl sites for hydroxylation is 2. The largest absolute Gasteiger partial charge is 0.350 e. The molecule has 0 bridgehead atoms. The Bertz CT molecular complexity index is 1240. The first-order valence-corrected chi connectivity index (χ1v) is 11.1. The maximum Gasteiger partial charge on any atom is 0.278 e. The van der Waals surface area contributed by atoms with E-state index in [0.717, 1.165) is 27.9 Å². The van der Waals surface area contributed by atoms with Crippen LogP contribution in [0.4, 0.5) is 5.69 Å². The summed E-state index contributed by atoms with van der Waals surface area (Å²) in [5.41, 5.74) is 6.43. The lowest BCUT2D eigenvalue weighted by Gasteiger charge is -2.19. The SMILES string of the molecule is Cc1ccc(C2=C(Nc3ccc(C(C)(C)C)cc3)C(=O)N(Cc3cccnc3)C2=O)cc1C. The number of aromatic nitrogens is 1. The van der Waals surface area contributed by atoms with Crippen molar-refractivity contribution in [2.24, 2.45) is 0 Å². The third-order valence-electron chi connectivity index (χ3n) is 6.05. The fourth-order valence-electron chi connectivity index (χ4n) is 3.87. The Morgan fingerprint density at radius 3 is 2.24 bits per heavy atom. The van der Waals surface area contributed by atoms with E-state index >= 15 is 0 Å². The van der Waals surface area contributed by atoms with Crippen molar-refractivity contribution in [1.29, 1.82) is 0 Å². The Morgan fingerprint density at radius 1 is 0.909 bits per heavy atom. The van der Waals surface area contributed by atoms with Crippen molar-refractivity contribution in [1.82, 2.24) is 9.88 Å². The highest BCUT2D eigenvalue weighted by Gasteiger charge is 2.39. The summed E-state index contributed by atoms with van der Waals surface area (Å²) in [4.78, 5) is 32.3. The second-order valence-electron chi connectivity index (χ2n) is 9.56. The van der Waals surface area contributed by atoms with Crippen LogP contribution in [0.2, 0.25) is 0 Å². The first-order chi connectivity index (χ1) is 15.6. The molecule has 1 N–H and O–H groups in total. The molecule has 2 amide bonds. The van der Waals surface area contributed by atoms with E-state index in [1.807, 2.05) is 62.4 Å². The van der Waals surface area contributed by atoms with Crippen LogP contribution in [0.25, 0.3) is 5.57 Å². The van der Waals surface area contributed by atoms with E-state index < -0.39 is 0 Å². The molecule has 168 valence electrons. The Hall–Kier alpha value is -3.73. The van der Waals surface area contributed by atoms with Gasteiger partial charge in [-0.1, -0.05) is 57.2 Å². The molecule has 0 saturated heterocycles. The lowest BCUT2D eigenvalue weighted by molar-refractivity contribution is -0.137. The number of hydrogen-bond acceptors (Lipinski definition) is 4. The van der Waals surface area contributed by atoms with Gasteiger partial charge in [-0.2, -0.15) is 0 Å². The number of benzene rings is 2. The summed E-state index contributed by atoms with van der Waals surface area (Å²) >= 11 is 0. The van der Waals surface area contributed by atoms with Crippen LogP contribution in [0.5, 0.6) is 0 Å². The van der Waals surface area contributed by atoms with Crippen molar-refractivity contribution in [2.75, 3.05) is 5.32 Å². The van der Waals surface area contributed by atoms with Crippen molar-refractivity contribution in [3.8, 4) is 0 Å². The summed E-state index contributed by atoms with van der Waals surface area (Å²) in [7, 11) is 0. The number of hydrogen-bond donors (Lipinski definition) is 1. The molecule has 4 rings (SSSR count). The molecule has 0 spiro atoms. The molecule has 1 aromatic heterocycles. The van der Waals surface area contributed by atoms with Gasteiger partial charge in [0.2, 0.25) is 0 Å². The lowest BCUT2D eigenvalue weighted by Crippen LogP contribution is -2.32. The van der Waals surface area contributed by atoms with Crippen LogP contribution in [0.3, 0.4) is 0 Å². The van der Waals surface area contributed by atoms with Crippen LogP contribution in [-0.2, 0) is 21.5 Å². The fourth-order valence-corrected chi connectivity index (χ4v) is 3.87. The molecule has 3 aromatic rings. The van der Waals surface area contributed by atoms with Crippen molar-refractivity contribution in [2.45, 2.75) is 46.6 Å². The average molecular weight is 440 g/mol. The minimum atomic E-state index is -0.336. The normalized spacial score (nSPS) is 14.3. The third-order valence-corrected chi connectivity index (χ3v) is 6.05. The lowest BCUT2D eigenvalue weighted by atomic mass is 9.87. The number of carbonyl (C=O) groups excluding carboxylic acids is 2. The Kier molecular flexibility index (Phi) is 5.90. The van der Waals surface area contributed by atoms with Gasteiger partial charge in [-0.05, 0) is 65.3 Å². The number of rotatable bonds is 5. The second-order valence-corrected chi connectivity index (χ2v) is 9.56. The van der Waals surface area contributed by atoms with Crippen LogP contribution in [0, 0.1) is 13.8 Å². The maximum absolute atomic E-state index is 13.5. The molecule has 0 atom stereocenters. The van der Waals surface area contributed by atoms with E-state index in [9.17, 15) is 9.59 Å². The number of nitrogens with one attached hydrogen (secondary N) is 1. The summed E-state index contributed by atoms with van der Waals surface area (Å²) in [5.74, 6) is -0.641. The molecule has 0 saturated carbocycles. The van der Waals surface area contributed by atoms with E-state index in [0.29, 0.717) is 11.3 Å². The Labute approximate surface area is 195 Å². The highest BCUT2D eigenvalue weighted by Crippen LogP contribution is 2.33. The van der Waals surface area contributed by atoms with Gasteiger partial charge >= 0.3 is 0 Å². The number of imide groups is 1. The van der Waals surface area contributed by atoms with Gasteiger partial charge in [0.05, 0.1) is 12.1 Å². The first kappa shape index (κ1) is 22.5. The zero-order valence-electron chi connectivity index (χ0n) is 19.8. The summed E-state index contributed by atoms with van der Waals surface area (Å²) in [6, 6.07) is 17.5. The number of carbonyl (C=O) groups is 2. The van der Waals surface area contributed by atoms with E-state index in [1.165, 1.54) is 10.5 Å². The molecule has 33 heavy (non-hydrogen) atoms. The summed E-state index contributed by atoms with van der Waals surface area (Å²) in [6.07, 6.45) is 3.34. The number of nitrogens with zero attached hydrogens (tertiary/aromatic N) is 2. The molecule has 0 radical (unpaired) electrons. The van der Waals surface area contributed by atoms with E-state index in [2.05, 4.69) is 31.1 Å². The molecular weight excluding hydrogens is 410 g/mol. The van der Waals surface area contributed by atoms with Crippen LogP contribution >= 0.6 is 0 Å². The van der Waals surface area contributed by atoms with Crippen molar-refractivity contribution >= 4 is 23.1 Å². The van der Waals surface area contributed by atoms with Gasteiger partial charge in [0, 0.05) is 18.1 Å². The molecule has 5 nitrogen and oxygen atoms in total. The van der Waals surface area contributed by atoms with E-state index in [4.69, 9.17) is 0 Å². The van der Waals surface area contributed by atoms with Crippen molar-refractivity contribution < 1.29 is 9.59 Å². The van der Waals surface area contributed by atoms with Crippen molar-refractivity contribution in [3.05, 3.63) is 101 Å². The molecule has 1 aliphatic heterocycles. The summed E-state index contributed by atoms with van der Waals surface area (Å²) < 4.78 is 0. The summed E-state index contributed by atoms with van der Waals surface area (Å²) in [5, 5.41) is 3.25. The van der Waals surface area contributed by atoms with E-state index in [-0.39, 0.29) is 23.8 Å². The van der Waals surface area contributed by atoms with Gasteiger partial charge in [-0.15, -0.1) is 0 Å². The van der Waals surface area contributed by atoms with Crippen LogP contribution < -0.4 is 5.32 Å². The zero-order valence-corrected chi connectivity index (χ0v) is 19.8. The smallest absolute Gasteiger partial charge is 0.278 e. The van der Waals surface area contributed by atoms with Crippen molar-refractivity contribution in [3.63, 3.8) is 0 Å². The molecular formula is C28H29N3O2. The molecule has 2 heterocycles. The quantitative estimate of drug-likeness (QED) is 0.542. The predicted molar refractivity (Wildman–Crippen MR) is 131 cm³/mol. The van der Waals surface area contributed by atoms with Gasteiger partial charge in [0.25, 0.3) is 11.8 Å². The topological polar surface area (TPSA) is 62.3 Å². The third kappa shape index (κ3) is 4.58. The predicted octanol–water partition coefficient (Wildman–Crippen LogP) is 5.39. The fraction of sp³-hybridized carbons (Fsp3) is 0.250. The van der Waals surface area contributed by atoms with Gasteiger partial charge in [-0.3, -0.25) is 19.5 Å². The summed E-state index contributed by atoms with van der Waals surface area (Å²) in [6.45, 7) is 10.7. The standard InChI is InChI=1S/C28H29N3O2/c1-18-8-9-21(15-19(18)2)24-25(30-23-12-10-22(11-13-23)28(3,4)5)27(33)31(26(24)32)17-20-7-6-14-29-16-20/h6-16,30H,17H2,1-5H3. The van der Waals surface area contributed by atoms with Gasteiger partial charge in [0.1, 0.15) is 5.70 Å². The van der Waals surface area contributed by atoms with Gasteiger partial charge in [0.15, 0.2) is 0 Å². The molecule has 0 unspecified atom stereocenters. The van der Waals surface area contributed by atoms with Crippen LogP contribution in [0.15, 0.2) is 72.7 Å². The molecule has 1 aliphatic rings. The first-order valence-electron chi connectivity index (χ1n) is 11.1. The van der Waals surface area contributed by atoms with Gasteiger partial charge in [-0.25, -0.2) is 0 Å². The van der Waals surface area contributed by atoms with Crippen LogP contribution in [0.1, 0.15) is 48.6 Å². The highest BCUT2D eigenvalue weighted by atomic mass is 16.2. The maximum atomic E-state index is 13.5. The second kappa shape index (κ2) is 8.66. The van der Waals surface area contributed by atoms with E-state index in [1.54, 1.807) is 18.5 Å². The van der Waals surface area contributed by atoms with Gasteiger partial charge < -0.3 is 5.32 Å². The zero-order chi connectivity index (χ0) is 23.8. The average Bonchev–Trinajstić information content (AvgIpc) is 3.00.